The molecule has 0 N–H and O–H groups in total. The van der Waals surface area contributed by atoms with Gasteiger partial charge in [0.15, 0.2) is 0 Å². The summed E-state index contributed by atoms with van der Waals surface area (Å²) in [6, 6.07) is 19.7. The fourth-order valence-electron chi connectivity index (χ4n) is 2.78. The van der Waals surface area contributed by atoms with E-state index in [-0.39, 0.29) is 11.9 Å². The van der Waals surface area contributed by atoms with Gasteiger partial charge in [-0.3, -0.25) is 0 Å². The molecular weight excluding hydrogens is 304 g/mol. The molecule has 0 aromatic heterocycles. The number of benzene rings is 2. The van der Waals surface area contributed by atoms with Crippen molar-refractivity contribution in [2.75, 3.05) is 13.7 Å². The number of cyclic esters (lactones) is 1. The van der Waals surface area contributed by atoms with Crippen molar-refractivity contribution in [3.8, 4) is 0 Å². The number of methoxy groups -OCH3 is 1. The molecule has 0 bridgehead atoms. The summed E-state index contributed by atoms with van der Waals surface area (Å²) in [4.78, 5) is 12.0. The Hall–Kier alpha value is -2.59. The third kappa shape index (κ3) is 3.66. The normalized spacial score (nSPS) is 17.0. The largest absolute Gasteiger partial charge is 0.490 e. The van der Waals surface area contributed by atoms with Gasteiger partial charge in [0.25, 0.3) is 0 Å². The van der Waals surface area contributed by atoms with Crippen LogP contribution in [0.3, 0.4) is 0 Å². The standard InChI is InChI=1S/C20H20O4/c1-22-19-18(16-10-6-3-7-11-16)17(24-20(19)21)12-13-23-14-15-8-4-2-5-9-15/h2-11,17H,12-14H2,1H3. The van der Waals surface area contributed by atoms with Gasteiger partial charge in [-0.2, -0.15) is 0 Å². The summed E-state index contributed by atoms with van der Waals surface area (Å²) in [6.45, 7) is 1.04. The average molecular weight is 324 g/mol. The Labute approximate surface area is 141 Å². The van der Waals surface area contributed by atoms with E-state index in [1.54, 1.807) is 0 Å². The van der Waals surface area contributed by atoms with Crippen molar-refractivity contribution in [3.05, 3.63) is 77.5 Å². The van der Waals surface area contributed by atoms with Crippen molar-refractivity contribution < 1.29 is 19.0 Å². The highest BCUT2D eigenvalue weighted by Gasteiger charge is 2.35. The van der Waals surface area contributed by atoms with E-state index in [4.69, 9.17) is 14.2 Å². The van der Waals surface area contributed by atoms with Crippen molar-refractivity contribution >= 4 is 11.5 Å². The number of hydrogen-bond acceptors (Lipinski definition) is 4. The smallest absolute Gasteiger partial charge is 0.374 e. The quantitative estimate of drug-likeness (QED) is 0.577. The number of ether oxygens (including phenoxy) is 3. The zero-order chi connectivity index (χ0) is 16.8. The van der Waals surface area contributed by atoms with Crippen LogP contribution in [-0.2, 0) is 25.6 Å². The van der Waals surface area contributed by atoms with Crippen molar-refractivity contribution in [1.82, 2.24) is 0 Å². The summed E-state index contributed by atoms with van der Waals surface area (Å²) in [7, 11) is 1.49. The van der Waals surface area contributed by atoms with E-state index >= 15 is 0 Å². The molecule has 1 heterocycles. The van der Waals surface area contributed by atoms with Crippen LogP contribution >= 0.6 is 0 Å². The molecule has 1 aliphatic rings. The van der Waals surface area contributed by atoms with Gasteiger partial charge in [0.05, 0.1) is 20.3 Å². The Morgan fingerprint density at radius 2 is 1.67 bits per heavy atom. The van der Waals surface area contributed by atoms with E-state index in [9.17, 15) is 4.79 Å². The Kier molecular flexibility index (Phi) is 5.29. The van der Waals surface area contributed by atoms with Gasteiger partial charge in [0.2, 0.25) is 5.76 Å². The molecule has 1 unspecified atom stereocenters. The van der Waals surface area contributed by atoms with E-state index in [0.29, 0.717) is 19.6 Å². The van der Waals surface area contributed by atoms with Crippen LogP contribution in [0.25, 0.3) is 5.57 Å². The monoisotopic (exact) mass is 324 g/mol. The molecule has 0 radical (unpaired) electrons. The van der Waals surface area contributed by atoms with Gasteiger partial charge in [-0.25, -0.2) is 4.79 Å². The van der Waals surface area contributed by atoms with Gasteiger partial charge in [0, 0.05) is 12.0 Å². The second kappa shape index (κ2) is 7.79. The number of esters is 1. The summed E-state index contributed by atoms with van der Waals surface area (Å²) < 4.78 is 16.4. The van der Waals surface area contributed by atoms with E-state index < -0.39 is 5.97 Å². The highest BCUT2D eigenvalue weighted by atomic mass is 16.6. The predicted octanol–water partition coefficient (Wildman–Crippen LogP) is 3.58. The lowest BCUT2D eigenvalue weighted by molar-refractivity contribution is -0.142. The lowest BCUT2D eigenvalue weighted by atomic mass is 9.99. The van der Waals surface area contributed by atoms with Crippen LogP contribution in [0, 0.1) is 0 Å². The second-order valence-electron chi connectivity index (χ2n) is 5.53. The molecule has 2 aromatic rings. The van der Waals surface area contributed by atoms with Crippen LogP contribution < -0.4 is 0 Å². The SMILES string of the molecule is COC1=C(c2ccccc2)C(CCOCc2ccccc2)OC1=O. The molecule has 0 aliphatic carbocycles. The van der Waals surface area contributed by atoms with Crippen LogP contribution in [0.1, 0.15) is 17.5 Å². The minimum Gasteiger partial charge on any atom is -0.490 e. The van der Waals surface area contributed by atoms with Crippen molar-refractivity contribution in [3.63, 3.8) is 0 Å². The van der Waals surface area contributed by atoms with Crippen LogP contribution in [0.4, 0.5) is 0 Å². The maximum Gasteiger partial charge on any atom is 0.374 e. The molecule has 1 atom stereocenters. The number of carbonyl (C=O) groups excluding carboxylic acids is 1. The molecule has 1 aliphatic heterocycles. The number of rotatable bonds is 7. The van der Waals surface area contributed by atoms with Crippen LogP contribution in [0.5, 0.6) is 0 Å². The lowest BCUT2D eigenvalue weighted by Crippen LogP contribution is -2.14. The fraction of sp³-hybridized carbons (Fsp3) is 0.250. The molecule has 24 heavy (non-hydrogen) atoms. The Morgan fingerprint density at radius 3 is 2.33 bits per heavy atom. The Morgan fingerprint density at radius 1 is 1.00 bits per heavy atom. The van der Waals surface area contributed by atoms with E-state index in [0.717, 1.165) is 16.7 Å². The first-order chi connectivity index (χ1) is 11.8. The molecule has 4 nitrogen and oxygen atoms in total. The highest BCUT2D eigenvalue weighted by molar-refractivity contribution is 6.00. The molecule has 0 spiro atoms. The molecule has 2 aromatic carbocycles. The molecule has 124 valence electrons. The zero-order valence-corrected chi connectivity index (χ0v) is 13.6. The number of hydrogen-bond donors (Lipinski definition) is 0. The molecular formula is C20H20O4. The van der Waals surface area contributed by atoms with Gasteiger partial charge in [-0.1, -0.05) is 60.7 Å². The third-order valence-corrected chi connectivity index (χ3v) is 3.93. The Bertz CT molecular complexity index is 707. The first-order valence-electron chi connectivity index (χ1n) is 7.96. The second-order valence-corrected chi connectivity index (χ2v) is 5.53. The van der Waals surface area contributed by atoms with Gasteiger partial charge >= 0.3 is 5.97 Å². The third-order valence-electron chi connectivity index (χ3n) is 3.93. The fourth-order valence-corrected chi connectivity index (χ4v) is 2.78. The molecule has 0 saturated carbocycles. The van der Waals surface area contributed by atoms with Crippen molar-refractivity contribution in [2.45, 2.75) is 19.1 Å². The van der Waals surface area contributed by atoms with E-state index in [2.05, 4.69) is 0 Å². The molecule has 0 saturated heterocycles. The van der Waals surface area contributed by atoms with Crippen LogP contribution in [-0.4, -0.2) is 25.8 Å². The zero-order valence-electron chi connectivity index (χ0n) is 13.6. The summed E-state index contributed by atoms with van der Waals surface area (Å²) in [5, 5.41) is 0. The first kappa shape index (κ1) is 16.3. The molecule has 3 rings (SSSR count). The summed E-state index contributed by atoms with van der Waals surface area (Å²) in [5.74, 6) is -0.126. The minimum absolute atomic E-state index is 0.286. The van der Waals surface area contributed by atoms with Gasteiger partial charge in [-0.05, 0) is 11.1 Å². The van der Waals surface area contributed by atoms with E-state index in [1.165, 1.54) is 7.11 Å². The minimum atomic E-state index is -0.413. The molecule has 4 heteroatoms. The van der Waals surface area contributed by atoms with Crippen molar-refractivity contribution in [1.29, 1.82) is 0 Å². The maximum absolute atomic E-state index is 12.0. The summed E-state index contributed by atoms with van der Waals surface area (Å²) in [6.07, 6.45) is 0.251. The number of carbonyl (C=O) groups is 1. The topological polar surface area (TPSA) is 44.8 Å². The van der Waals surface area contributed by atoms with Crippen molar-refractivity contribution in [2.24, 2.45) is 0 Å². The molecule has 0 fully saturated rings. The van der Waals surface area contributed by atoms with Crippen LogP contribution in [0.2, 0.25) is 0 Å². The Balaban J connectivity index is 1.64. The van der Waals surface area contributed by atoms with E-state index in [1.807, 2.05) is 60.7 Å². The maximum atomic E-state index is 12.0. The summed E-state index contributed by atoms with van der Waals surface area (Å²) >= 11 is 0. The van der Waals surface area contributed by atoms with Gasteiger partial charge in [0.1, 0.15) is 6.10 Å². The van der Waals surface area contributed by atoms with Crippen LogP contribution in [0.15, 0.2) is 66.4 Å². The molecule has 0 amide bonds. The lowest BCUT2D eigenvalue weighted by Gasteiger charge is -2.14. The van der Waals surface area contributed by atoms with Gasteiger partial charge in [-0.15, -0.1) is 0 Å². The highest BCUT2D eigenvalue weighted by Crippen LogP contribution is 2.33. The first-order valence-corrected chi connectivity index (χ1v) is 7.96. The predicted molar refractivity (Wildman–Crippen MR) is 91.0 cm³/mol. The summed E-state index contributed by atoms with van der Waals surface area (Å²) in [5.41, 5.74) is 2.86. The average Bonchev–Trinajstić information content (AvgIpc) is 2.95. The van der Waals surface area contributed by atoms with Gasteiger partial charge < -0.3 is 14.2 Å².